The predicted octanol–water partition coefficient (Wildman–Crippen LogP) is 4.84. The Bertz CT molecular complexity index is 1140. The molecule has 2 aromatic carbocycles. The Labute approximate surface area is 148 Å². The second-order valence-electron chi connectivity index (χ2n) is 5.79. The van der Waals surface area contributed by atoms with Gasteiger partial charge in [-0.3, -0.25) is 9.36 Å². The van der Waals surface area contributed by atoms with E-state index in [-0.39, 0.29) is 11.7 Å². The van der Waals surface area contributed by atoms with Crippen LogP contribution >= 0.6 is 12.2 Å². The Kier molecular flexibility index (Phi) is 3.74. The first kappa shape index (κ1) is 15.4. The van der Waals surface area contributed by atoms with Crippen molar-refractivity contribution in [2.24, 2.45) is 0 Å². The Morgan fingerprint density at radius 1 is 1.20 bits per heavy atom. The van der Waals surface area contributed by atoms with Crippen LogP contribution in [0.4, 0.5) is 5.69 Å². The predicted molar refractivity (Wildman–Crippen MR) is 99.9 cm³/mol. The minimum absolute atomic E-state index is 0.282. The van der Waals surface area contributed by atoms with Crippen LogP contribution in [0, 0.1) is 11.7 Å². The lowest BCUT2D eigenvalue weighted by atomic mass is 10.2. The largest absolute Gasteiger partial charge is 0.451 e. The normalized spacial score (nSPS) is 10.9. The molecule has 2 aromatic heterocycles. The van der Waals surface area contributed by atoms with Gasteiger partial charge in [0.15, 0.2) is 10.5 Å². The van der Waals surface area contributed by atoms with Crippen LogP contribution in [-0.4, -0.2) is 15.5 Å². The lowest BCUT2D eigenvalue weighted by molar-refractivity contribution is 0.0998. The van der Waals surface area contributed by atoms with Crippen molar-refractivity contribution < 1.29 is 9.21 Å². The number of H-pyrrole nitrogens is 1. The van der Waals surface area contributed by atoms with Crippen molar-refractivity contribution in [3.8, 4) is 5.69 Å². The third-order valence-electron chi connectivity index (χ3n) is 3.93. The Hall–Kier alpha value is -3.12. The maximum Gasteiger partial charge on any atom is 0.291 e. The van der Waals surface area contributed by atoms with Crippen molar-refractivity contribution in [3.63, 3.8) is 0 Å². The molecule has 4 aromatic rings. The number of nitrogens with one attached hydrogen (secondary N) is 2. The Morgan fingerprint density at radius 3 is 2.88 bits per heavy atom. The van der Waals surface area contributed by atoms with Crippen LogP contribution in [0.25, 0.3) is 16.7 Å². The molecule has 1 amide bonds. The minimum atomic E-state index is -0.288. The fourth-order valence-corrected chi connectivity index (χ4v) is 2.96. The number of hydrogen-bond acceptors (Lipinski definition) is 3. The van der Waals surface area contributed by atoms with Gasteiger partial charge in [-0.05, 0) is 55.5 Å². The molecule has 4 rings (SSSR count). The number of aromatic amines is 1. The summed E-state index contributed by atoms with van der Waals surface area (Å²) in [7, 11) is 0. The van der Waals surface area contributed by atoms with Gasteiger partial charge >= 0.3 is 0 Å². The van der Waals surface area contributed by atoms with Crippen LogP contribution in [0.3, 0.4) is 0 Å². The van der Waals surface area contributed by atoms with E-state index in [1.54, 1.807) is 12.3 Å². The van der Waals surface area contributed by atoms with E-state index >= 15 is 0 Å². The van der Waals surface area contributed by atoms with E-state index in [0.29, 0.717) is 16.0 Å². The van der Waals surface area contributed by atoms with Gasteiger partial charge in [-0.15, -0.1) is 0 Å². The van der Waals surface area contributed by atoms with Gasteiger partial charge in [0.1, 0.15) is 5.58 Å². The quantitative estimate of drug-likeness (QED) is 0.520. The summed E-state index contributed by atoms with van der Waals surface area (Å²) in [6, 6.07) is 15.0. The molecule has 5 nitrogen and oxygen atoms in total. The van der Waals surface area contributed by atoms with Crippen molar-refractivity contribution in [2.45, 2.75) is 6.92 Å². The van der Waals surface area contributed by atoms with E-state index in [0.717, 1.165) is 16.6 Å². The molecule has 0 spiro atoms. The smallest absolute Gasteiger partial charge is 0.291 e. The summed E-state index contributed by atoms with van der Waals surface area (Å²) >= 11 is 5.23. The second-order valence-corrected chi connectivity index (χ2v) is 6.18. The standard InChI is InChI=1S/C19H15N3O2S/c1-12-5-6-16-13(9-12)10-17(24-16)18(23)21-14-3-2-4-15(11-14)22-8-7-20-19(22)25/h2-11H,1H3,(H,20,25)(H,21,23). The lowest BCUT2D eigenvalue weighted by Crippen LogP contribution is -2.11. The molecule has 0 saturated heterocycles. The molecule has 124 valence electrons. The zero-order valence-electron chi connectivity index (χ0n) is 13.4. The molecule has 0 radical (unpaired) electrons. The summed E-state index contributed by atoms with van der Waals surface area (Å²) < 4.78 is 8.06. The number of furan rings is 1. The van der Waals surface area contributed by atoms with Crippen LogP contribution in [-0.2, 0) is 0 Å². The first-order valence-corrected chi connectivity index (χ1v) is 8.19. The fourth-order valence-electron chi connectivity index (χ4n) is 2.72. The van der Waals surface area contributed by atoms with Gasteiger partial charge in [-0.25, -0.2) is 0 Å². The molecular weight excluding hydrogens is 334 g/mol. The number of aryl methyl sites for hydroxylation is 1. The topological polar surface area (TPSA) is 63.0 Å². The van der Waals surface area contributed by atoms with Gasteiger partial charge in [0.25, 0.3) is 5.91 Å². The van der Waals surface area contributed by atoms with Crippen LogP contribution in [0.5, 0.6) is 0 Å². The van der Waals surface area contributed by atoms with Crippen molar-refractivity contribution in [3.05, 3.63) is 77.0 Å². The second kappa shape index (κ2) is 6.07. The molecule has 0 aliphatic carbocycles. The van der Waals surface area contributed by atoms with Crippen molar-refractivity contribution >= 4 is 34.8 Å². The maximum absolute atomic E-state index is 12.5. The van der Waals surface area contributed by atoms with E-state index in [2.05, 4.69) is 10.3 Å². The van der Waals surface area contributed by atoms with Crippen LogP contribution in [0.2, 0.25) is 0 Å². The van der Waals surface area contributed by atoms with Gasteiger partial charge in [0.05, 0.1) is 0 Å². The first-order chi connectivity index (χ1) is 12.1. The maximum atomic E-state index is 12.5. The number of fused-ring (bicyclic) bond motifs is 1. The summed E-state index contributed by atoms with van der Waals surface area (Å²) in [5.74, 6) is -0.00655. The Morgan fingerprint density at radius 2 is 2.08 bits per heavy atom. The molecule has 6 heteroatoms. The highest BCUT2D eigenvalue weighted by molar-refractivity contribution is 7.71. The highest BCUT2D eigenvalue weighted by Gasteiger charge is 2.13. The third kappa shape index (κ3) is 2.99. The molecule has 25 heavy (non-hydrogen) atoms. The average Bonchev–Trinajstić information content (AvgIpc) is 3.20. The Balaban J connectivity index is 1.62. The number of rotatable bonds is 3. The number of nitrogens with zero attached hydrogens (tertiary/aromatic N) is 1. The molecule has 0 aliphatic rings. The zero-order chi connectivity index (χ0) is 17.4. The molecule has 0 saturated carbocycles. The van der Waals surface area contributed by atoms with Crippen molar-refractivity contribution in [2.75, 3.05) is 5.32 Å². The van der Waals surface area contributed by atoms with E-state index in [1.807, 2.05) is 60.2 Å². The summed E-state index contributed by atoms with van der Waals surface area (Å²) in [6.07, 6.45) is 3.61. The summed E-state index contributed by atoms with van der Waals surface area (Å²) in [6.45, 7) is 2.00. The first-order valence-electron chi connectivity index (χ1n) is 7.78. The zero-order valence-corrected chi connectivity index (χ0v) is 14.3. The van der Waals surface area contributed by atoms with E-state index in [4.69, 9.17) is 16.6 Å². The SMILES string of the molecule is Cc1ccc2oc(C(=O)Nc3cccc(-n4cc[nH]c4=S)c3)cc2c1. The van der Waals surface area contributed by atoms with Crippen molar-refractivity contribution in [1.82, 2.24) is 9.55 Å². The van der Waals surface area contributed by atoms with Gasteiger partial charge in [0, 0.05) is 29.2 Å². The number of hydrogen-bond donors (Lipinski definition) is 2. The number of aromatic nitrogens is 2. The van der Waals surface area contributed by atoms with Crippen LogP contribution < -0.4 is 5.32 Å². The molecule has 0 unspecified atom stereocenters. The van der Waals surface area contributed by atoms with E-state index < -0.39 is 0 Å². The highest BCUT2D eigenvalue weighted by Crippen LogP contribution is 2.22. The van der Waals surface area contributed by atoms with Gasteiger partial charge < -0.3 is 14.7 Å². The number of imidazole rings is 1. The third-order valence-corrected chi connectivity index (χ3v) is 4.24. The average molecular weight is 349 g/mol. The number of anilines is 1. The van der Waals surface area contributed by atoms with Crippen LogP contribution in [0.1, 0.15) is 16.1 Å². The van der Waals surface area contributed by atoms with Gasteiger partial charge in [0.2, 0.25) is 0 Å². The lowest BCUT2D eigenvalue weighted by Gasteiger charge is -2.07. The van der Waals surface area contributed by atoms with Gasteiger partial charge in [-0.1, -0.05) is 17.7 Å². The number of amides is 1. The number of carbonyl (C=O) groups excluding carboxylic acids is 1. The summed E-state index contributed by atoms with van der Waals surface area (Å²) in [5, 5.41) is 3.78. The minimum Gasteiger partial charge on any atom is -0.451 e. The van der Waals surface area contributed by atoms with E-state index in [1.165, 1.54) is 0 Å². The van der Waals surface area contributed by atoms with Crippen molar-refractivity contribution in [1.29, 1.82) is 0 Å². The number of benzene rings is 2. The van der Waals surface area contributed by atoms with E-state index in [9.17, 15) is 4.79 Å². The molecule has 0 bridgehead atoms. The monoisotopic (exact) mass is 349 g/mol. The molecule has 0 atom stereocenters. The molecule has 0 aliphatic heterocycles. The fraction of sp³-hybridized carbons (Fsp3) is 0.0526. The molecule has 2 N–H and O–H groups in total. The highest BCUT2D eigenvalue weighted by atomic mass is 32.1. The van der Waals surface area contributed by atoms with Gasteiger partial charge in [-0.2, -0.15) is 0 Å². The molecular formula is C19H15N3O2S. The molecule has 0 fully saturated rings. The van der Waals surface area contributed by atoms with Crippen LogP contribution in [0.15, 0.2) is 65.3 Å². The summed E-state index contributed by atoms with van der Waals surface area (Å²) in [5.41, 5.74) is 3.35. The number of carbonyl (C=O) groups is 1. The summed E-state index contributed by atoms with van der Waals surface area (Å²) in [4.78, 5) is 15.4. The molecule has 2 heterocycles.